The highest BCUT2D eigenvalue weighted by Gasteiger charge is 2.04. The van der Waals surface area contributed by atoms with Crippen LogP contribution in [0.1, 0.15) is 5.69 Å². The SMILES string of the molecule is Cc1ccnc(Sc2nc(Cl)cs2)n1. The second kappa shape index (κ2) is 4.25. The molecule has 14 heavy (non-hydrogen) atoms. The molecule has 0 N–H and O–H groups in total. The molecule has 0 amide bonds. The topological polar surface area (TPSA) is 38.7 Å². The van der Waals surface area contributed by atoms with Crippen molar-refractivity contribution in [2.45, 2.75) is 16.4 Å². The van der Waals surface area contributed by atoms with E-state index in [-0.39, 0.29) is 0 Å². The van der Waals surface area contributed by atoms with Crippen molar-refractivity contribution in [1.29, 1.82) is 0 Å². The van der Waals surface area contributed by atoms with Gasteiger partial charge in [-0.25, -0.2) is 15.0 Å². The van der Waals surface area contributed by atoms with Gasteiger partial charge in [0.15, 0.2) is 9.50 Å². The van der Waals surface area contributed by atoms with Crippen molar-refractivity contribution in [2.75, 3.05) is 0 Å². The van der Waals surface area contributed by atoms with Crippen molar-refractivity contribution < 1.29 is 0 Å². The number of halogens is 1. The van der Waals surface area contributed by atoms with Crippen LogP contribution in [0.25, 0.3) is 0 Å². The van der Waals surface area contributed by atoms with Crippen LogP contribution < -0.4 is 0 Å². The predicted molar refractivity (Wildman–Crippen MR) is 58.0 cm³/mol. The van der Waals surface area contributed by atoms with Gasteiger partial charge in [-0.3, -0.25) is 0 Å². The fourth-order valence-corrected chi connectivity index (χ4v) is 2.72. The second-order valence-electron chi connectivity index (χ2n) is 2.52. The number of hydrogen-bond donors (Lipinski definition) is 0. The summed E-state index contributed by atoms with van der Waals surface area (Å²) in [5, 5.41) is 3.01. The zero-order chi connectivity index (χ0) is 9.97. The molecule has 0 spiro atoms. The number of nitrogens with zero attached hydrogens (tertiary/aromatic N) is 3. The van der Waals surface area contributed by atoms with Gasteiger partial charge in [0.2, 0.25) is 0 Å². The van der Waals surface area contributed by atoms with E-state index in [4.69, 9.17) is 11.6 Å². The third-order valence-corrected chi connectivity index (χ3v) is 3.55. The molecular formula is C8H6ClN3S2. The van der Waals surface area contributed by atoms with Crippen LogP contribution in [-0.2, 0) is 0 Å². The van der Waals surface area contributed by atoms with E-state index in [1.807, 2.05) is 13.0 Å². The minimum absolute atomic E-state index is 0.519. The lowest BCUT2D eigenvalue weighted by Crippen LogP contribution is -1.87. The monoisotopic (exact) mass is 243 g/mol. The number of thiazole rings is 1. The maximum absolute atomic E-state index is 5.70. The van der Waals surface area contributed by atoms with Crippen molar-refractivity contribution >= 4 is 34.7 Å². The Morgan fingerprint density at radius 2 is 2.29 bits per heavy atom. The van der Waals surface area contributed by atoms with Gasteiger partial charge in [0.1, 0.15) is 5.15 Å². The van der Waals surface area contributed by atoms with E-state index in [0.29, 0.717) is 10.3 Å². The maximum Gasteiger partial charge on any atom is 0.194 e. The van der Waals surface area contributed by atoms with Crippen molar-refractivity contribution in [3.63, 3.8) is 0 Å². The number of aryl methyl sites for hydroxylation is 1. The van der Waals surface area contributed by atoms with E-state index in [1.165, 1.54) is 23.1 Å². The molecule has 0 saturated heterocycles. The molecule has 0 saturated carbocycles. The Morgan fingerprint density at radius 1 is 1.43 bits per heavy atom. The molecule has 0 unspecified atom stereocenters. The van der Waals surface area contributed by atoms with Crippen molar-refractivity contribution in [3.05, 3.63) is 28.5 Å². The summed E-state index contributed by atoms with van der Waals surface area (Å²) in [6.45, 7) is 1.93. The van der Waals surface area contributed by atoms with Crippen molar-refractivity contribution in [3.8, 4) is 0 Å². The molecule has 2 heterocycles. The first-order valence-corrected chi connectivity index (χ1v) is 5.90. The van der Waals surface area contributed by atoms with Crippen LogP contribution in [0.3, 0.4) is 0 Å². The molecule has 6 heteroatoms. The van der Waals surface area contributed by atoms with E-state index < -0.39 is 0 Å². The van der Waals surface area contributed by atoms with E-state index in [1.54, 1.807) is 11.6 Å². The smallest absolute Gasteiger partial charge is 0.194 e. The van der Waals surface area contributed by atoms with Crippen LogP contribution in [-0.4, -0.2) is 15.0 Å². The summed E-state index contributed by atoms with van der Waals surface area (Å²) in [5.41, 5.74) is 0.949. The molecule has 0 aromatic carbocycles. The average Bonchev–Trinajstić information content (AvgIpc) is 2.51. The van der Waals surface area contributed by atoms with Crippen LogP contribution in [0.15, 0.2) is 27.1 Å². The van der Waals surface area contributed by atoms with Gasteiger partial charge in [0, 0.05) is 17.3 Å². The molecule has 3 nitrogen and oxygen atoms in total. The van der Waals surface area contributed by atoms with Gasteiger partial charge >= 0.3 is 0 Å². The Kier molecular flexibility index (Phi) is 3.00. The van der Waals surface area contributed by atoms with E-state index in [2.05, 4.69) is 15.0 Å². The van der Waals surface area contributed by atoms with Crippen LogP contribution in [0.4, 0.5) is 0 Å². The predicted octanol–water partition coefficient (Wildman–Crippen LogP) is 3.05. The molecule has 0 radical (unpaired) electrons. The minimum atomic E-state index is 0.519. The Labute approximate surface area is 94.6 Å². The highest BCUT2D eigenvalue weighted by atomic mass is 35.5. The molecule has 2 rings (SSSR count). The summed E-state index contributed by atoms with van der Waals surface area (Å²) < 4.78 is 0.862. The Balaban J connectivity index is 2.18. The molecule has 0 aliphatic heterocycles. The third kappa shape index (κ3) is 2.43. The van der Waals surface area contributed by atoms with E-state index in [0.717, 1.165) is 10.0 Å². The molecule has 2 aromatic rings. The minimum Gasteiger partial charge on any atom is -0.231 e. The first kappa shape index (κ1) is 9.89. The average molecular weight is 244 g/mol. The van der Waals surface area contributed by atoms with Gasteiger partial charge in [0.05, 0.1) is 0 Å². The molecule has 0 bridgehead atoms. The fraction of sp³-hybridized carbons (Fsp3) is 0.125. The molecule has 0 aliphatic carbocycles. The molecule has 0 aliphatic rings. The second-order valence-corrected chi connectivity index (χ2v) is 4.98. The van der Waals surface area contributed by atoms with Gasteiger partial charge in [0.25, 0.3) is 0 Å². The standard InChI is InChI=1S/C8H6ClN3S2/c1-5-2-3-10-7(11-5)14-8-12-6(9)4-13-8/h2-4H,1H3. The van der Waals surface area contributed by atoms with Crippen LogP contribution in [0, 0.1) is 6.92 Å². The van der Waals surface area contributed by atoms with Crippen molar-refractivity contribution in [1.82, 2.24) is 15.0 Å². The Bertz CT molecular complexity index is 444. The zero-order valence-electron chi connectivity index (χ0n) is 7.27. The fourth-order valence-electron chi connectivity index (χ4n) is 0.839. The molecule has 72 valence electrons. The molecule has 2 aromatic heterocycles. The summed E-state index contributed by atoms with van der Waals surface area (Å²) in [6, 6.07) is 1.86. The summed E-state index contributed by atoms with van der Waals surface area (Å²) in [6.07, 6.45) is 1.74. The normalized spacial score (nSPS) is 10.4. The summed E-state index contributed by atoms with van der Waals surface area (Å²) >= 11 is 8.62. The summed E-state index contributed by atoms with van der Waals surface area (Å²) in [4.78, 5) is 12.5. The van der Waals surface area contributed by atoms with Gasteiger partial charge in [-0.2, -0.15) is 0 Å². The summed E-state index contributed by atoms with van der Waals surface area (Å²) in [7, 11) is 0. The first-order chi connectivity index (χ1) is 6.74. The highest BCUT2D eigenvalue weighted by molar-refractivity contribution is 8.00. The van der Waals surface area contributed by atoms with E-state index >= 15 is 0 Å². The Morgan fingerprint density at radius 3 is 2.93 bits per heavy atom. The number of aromatic nitrogens is 3. The van der Waals surface area contributed by atoms with Gasteiger partial charge in [-0.05, 0) is 24.8 Å². The van der Waals surface area contributed by atoms with Crippen LogP contribution in [0.2, 0.25) is 5.15 Å². The van der Waals surface area contributed by atoms with Gasteiger partial charge in [-0.1, -0.05) is 11.6 Å². The lowest BCUT2D eigenvalue weighted by Gasteiger charge is -1.95. The van der Waals surface area contributed by atoms with Crippen LogP contribution in [0.5, 0.6) is 0 Å². The van der Waals surface area contributed by atoms with E-state index in [9.17, 15) is 0 Å². The Hall–Kier alpha value is -0.650. The summed E-state index contributed by atoms with van der Waals surface area (Å²) in [5.74, 6) is 0. The first-order valence-electron chi connectivity index (χ1n) is 3.82. The van der Waals surface area contributed by atoms with Gasteiger partial charge in [-0.15, -0.1) is 11.3 Å². The number of hydrogen-bond acceptors (Lipinski definition) is 5. The lowest BCUT2D eigenvalue weighted by molar-refractivity contribution is 0.931. The quantitative estimate of drug-likeness (QED) is 0.760. The molecule has 0 atom stereocenters. The number of rotatable bonds is 2. The molecule has 0 fully saturated rings. The maximum atomic E-state index is 5.70. The van der Waals surface area contributed by atoms with Crippen LogP contribution >= 0.6 is 34.7 Å². The largest absolute Gasteiger partial charge is 0.231 e. The highest BCUT2D eigenvalue weighted by Crippen LogP contribution is 2.28. The lowest BCUT2D eigenvalue weighted by atomic mass is 10.5. The van der Waals surface area contributed by atoms with Gasteiger partial charge < -0.3 is 0 Å². The molecular weight excluding hydrogens is 238 g/mol. The zero-order valence-corrected chi connectivity index (χ0v) is 9.66. The third-order valence-electron chi connectivity index (χ3n) is 1.41. The van der Waals surface area contributed by atoms with Crippen molar-refractivity contribution in [2.24, 2.45) is 0 Å².